The molecule has 0 fully saturated rings. The second kappa shape index (κ2) is 9.92. The van der Waals surface area contributed by atoms with E-state index in [2.05, 4.69) is 39.9 Å². The number of carbonyl (C=O) groups is 1. The van der Waals surface area contributed by atoms with E-state index in [-0.39, 0.29) is 23.8 Å². The third kappa shape index (κ3) is 5.81. The molecule has 0 saturated carbocycles. The van der Waals surface area contributed by atoms with Crippen molar-refractivity contribution in [1.29, 1.82) is 0 Å². The van der Waals surface area contributed by atoms with Crippen LogP contribution in [0.25, 0.3) is 5.57 Å². The predicted molar refractivity (Wildman–Crippen MR) is 131 cm³/mol. The first kappa shape index (κ1) is 24.1. The molecule has 0 aromatic heterocycles. The van der Waals surface area contributed by atoms with Crippen LogP contribution in [-0.4, -0.2) is 45.6 Å². The Kier molecular flexibility index (Phi) is 7.46. The fourth-order valence-electron chi connectivity index (χ4n) is 3.32. The zero-order chi connectivity index (χ0) is 23.4. The molecule has 5 nitrogen and oxygen atoms in total. The quantitative estimate of drug-likeness (QED) is 0.474. The minimum Gasteiger partial charge on any atom is -0.497 e. The molecule has 1 atom stereocenters. The zero-order valence-corrected chi connectivity index (χ0v) is 21.1. The second-order valence-corrected chi connectivity index (χ2v) is 14.5. The molecule has 32 heavy (non-hydrogen) atoms. The number of methoxy groups -OCH3 is 1. The van der Waals surface area contributed by atoms with Crippen LogP contribution in [0.4, 0.5) is 4.79 Å². The number of ether oxygens (including phenoxy) is 2. The van der Waals surface area contributed by atoms with Crippen LogP contribution < -0.4 is 4.74 Å². The van der Waals surface area contributed by atoms with Gasteiger partial charge in [-0.25, -0.2) is 4.79 Å². The monoisotopic (exact) mass is 453 g/mol. The van der Waals surface area contributed by atoms with Crippen molar-refractivity contribution in [1.82, 2.24) is 4.90 Å². The highest BCUT2D eigenvalue weighted by molar-refractivity contribution is 6.74. The summed E-state index contributed by atoms with van der Waals surface area (Å²) in [5, 5.41) is 0.104. The maximum atomic E-state index is 13.0. The summed E-state index contributed by atoms with van der Waals surface area (Å²) in [4.78, 5) is 14.8. The molecule has 0 spiro atoms. The van der Waals surface area contributed by atoms with Crippen molar-refractivity contribution in [2.24, 2.45) is 0 Å². The van der Waals surface area contributed by atoms with E-state index in [9.17, 15) is 4.79 Å². The smallest absolute Gasteiger partial charge is 0.410 e. The highest BCUT2D eigenvalue weighted by Crippen LogP contribution is 2.37. The van der Waals surface area contributed by atoms with E-state index in [0.717, 1.165) is 22.4 Å². The van der Waals surface area contributed by atoms with Gasteiger partial charge in [0.15, 0.2) is 8.32 Å². The molecule has 3 rings (SSSR count). The van der Waals surface area contributed by atoms with Gasteiger partial charge in [-0.2, -0.15) is 0 Å². The van der Waals surface area contributed by atoms with Crippen LogP contribution in [0.5, 0.6) is 5.75 Å². The molecule has 6 heteroatoms. The van der Waals surface area contributed by atoms with Crippen molar-refractivity contribution in [3.05, 3.63) is 71.8 Å². The third-order valence-electron chi connectivity index (χ3n) is 6.46. The minimum absolute atomic E-state index is 0.104. The van der Waals surface area contributed by atoms with Gasteiger partial charge >= 0.3 is 6.09 Å². The molecule has 1 heterocycles. The highest BCUT2D eigenvalue weighted by Gasteiger charge is 2.39. The van der Waals surface area contributed by atoms with Gasteiger partial charge in [0.2, 0.25) is 0 Å². The first-order chi connectivity index (χ1) is 15.1. The molecule has 0 bridgehead atoms. The minimum atomic E-state index is -1.95. The number of hydrogen-bond donors (Lipinski definition) is 0. The van der Waals surface area contributed by atoms with Gasteiger partial charge in [0.1, 0.15) is 12.4 Å². The lowest BCUT2D eigenvalue weighted by Crippen LogP contribution is -2.46. The Labute approximate surface area is 193 Å². The van der Waals surface area contributed by atoms with Crippen LogP contribution in [-0.2, 0) is 15.8 Å². The van der Waals surface area contributed by atoms with Gasteiger partial charge in [-0.05, 0) is 47.0 Å². The number of rotatable bonds is 7. The van der Waals surface area contributed by atoms with Gasteiger partial charge in [-0.15, -0.1) is 0 Å². The van der Waals surface area contributed by atoms with E-state index in [1.54, 1.807) is 12.0 Å². The maximum Gasteiger partial charge on any atom is 0.410 e. The Balaban J connectivity index is 1.75. The molecule has 0 aliphatic carbocycles. The molecule has 1 aliphatic rings. The highest BCUT2D eigenvalue weighted by atomic mass is 28.4. The second-order valence-electron chi connectivity index (χ2n) is 9.73. The number of carbonyl (C=O) groups excluding carboxylic acids is 1. The number of benzene rings is 2. The molecule has 1 amide bonds. The van der Waals surface area contributed by atoms with Crippen molar-refractivity contribution >= 4 is 20.0 Å². The van der Waals surface area contributed by atoms with Crippen molar-refractivity contribution in [3.8, 4) is 5.75 Å². The van der Waals surface area contributed by atoms with E-state index >= 15 is 0 Å². The summed E-state index contributed by atoms with van der Waals surface area (Å²) in [6.07, 6.45) is 1.82. The van der Waals surface area contributed by atoms with Crippen molar-refractivity contribution in [3.63, 3.8) is 0 Å². The first-order valence-electron chi connectivity index (χ1n) is 11.1. The van der Waals surface area contributed by atoms with Crippen LogP contribution in [0.2, 0.25) is 18.1 Å². The lowest BCUT2D eigenvalue weighted by Gasteiger charge is -2.37. The van der Waals surface area contributed by atoms with Gasteiger partial charge in [-0.1, -0.05) is 69.3 Å². The van der Waals surface area contributed by atoms with Crippen molar-refractivity contribution in [2.75, 3.05) is 20.3 Å². The van der Waals surface area contributed by atoms with Gasteiger partial charge in [0.25, 0.3) is 0 Å². The first-order valence-corrected chi connectivity index (χ1v) is 14.0. The molecular formula is C26H35NO4Si. The maximum absolute atomic E-state index is 13.0. The zero-order valence-electron chi connectivity index (χ0n) is 20.1. The van der Waals surface area contributed by atoms with E-state index in [1.165, 1.54) is 0 Å². The van der Waals surface area contributed by atoms with Gasteiger partial charge < -0.3 is 13.9 Å². The molecule has 1 aliphatic heterocycles. The summed E-state index contributed by atoms with van der Waals surface area (Å²) in [6, 6.07) is 17.5. The van der Waals surface area contributed by atoms with E-state index in [1.807, 2.05) is 54.6 Å². The van der Waals surface area contributed by atoms with Crippen LogP contribution in [0, 0.1) is 0 Å². The van der Waals surface area contributed by atoms with E-state index < -0.39 is 8.32 Å². The molecular weight excluding hydrogens is 418 g/mol. The largest absolute Gasteiger partial charge is 0.497 e. The average Bonchev–Trinajstić information content (AvgIpc) is 3.20. The summed E-state index contributed by atoms with van der Waals surface area (Å²) in [7, 11) is -0.291. The predicted octanol–water partition coefficient (Wildman–Crippen LogP) is 6.12. The lowest BCUT2D eigenvalue weighted by atomic mass is 10.1. The van der Waals surface area contributed by atoms with Crippen LogP contribution in [0.3, 0.4) is 0 Å². The molecule has 2 aromatic carbocycles. The van der Waals surface area contributed by atoms with E-state index in [4.69, 9.17) is 13.9 Å². The molecule has 2 aromatic rings. The lowest BCUT2D eigenvalue weighted by molar-refractivity contribution is 0.0854. The normalized spacial score (nSPS) is 16.6. The summed E-state index contributed by atoms with van der Waals surface area (Å²) >= 11 is 0. The van der Waals surface area contributed by atoms with Crippen molar-refractivity contribution in [2.45, 2.75) is 51.6 Å². The number of nitrogens with zero attached hydrogens (tertiary/aromatic N) is 1. The summed E-state index contributed by atoms with van der Waals surface area (Å²) < 4.78 is 17.4. The standard InChI is InChI=1S/C26H35NO4Si/c1-26(2,3)32(5,6)31-19-23-16-22(21-12-14-24(29-4)15-13-21)17-27(23)25(28)30-18-20-10-8-7-9-11-20/h7-16,23H,17-19H2,1-6H3/t23-/m0/s1. The summed E-state index contributed by atoms with van der Waals surface area (Å²) in [5.41, 5.74) is 3.13. The van der Waals surface area contributed by atoms with Gasteiger partial charge in [-0.3, -0.25) is 4.90 Å². The molecule has 0 radical (unpaired) electrons. The molecule has 172 valence electrons. The van der Waals surface area contributed by atoms with Gasteiger partial charge in [0.05, 0.1) is 26.3 Å². The Hall–Kier alpha value is -2.57. The SMILES string of the molecule is COc1ccc(C2=C[C@@H](CO[Si](C)(C)C(C)(C)C)N(C(=O)OCc3ccccc3)C2)cc1. The summed E-state index contributed by atoms with van der Waals surface area (Å²) in [6.45, 7) is 12.3. The summed E-state index contributed by atoms with van der Waals surface area (Å²) in [5.74, 6) is 0.810. The average molecular weight is 454 g/mol. The van der Waals surface area contributed by atoms with Crippen LogP contribution in [0.1, 0.15) is 31.9 Å². The molecule has 0 N–H and O–H groups in total. The number of amides is 1. The Morgan fingerprint density at radius 1 is 1.06 bits per heavy atom. The Bertz CT molecular complexity index is 933. The van der Waals surface area contributed by atoms with Crippen LogP contribution >= 0.6 is 0 Å². The van der Waals surface area contributed by atoms with Crippen LogP contribution in [0.15, 0.2) is 60.7 Å². The number of hydrogen-bond acceptors (Lipinski definition) is 4. The topological polar surface area (TPSA) is 48.0 Å². The van der Waals surface area contributed by atoms with Crippen molar-refractivity contribution < 1.29 is 18.7 Å². The fraction of sp³-hybridized carbons (Fsp3) is 0.423. The third-order valence-corrected chi connectivity index (χ3v) is 11.0. The molecule has 0 unspecified atom stereocenters. The molecule has 0 saturated heterocycles. The van der Waals surface area contributed by atoms with E-state index in [0.29, 0.717) is 13.2 Å². The Morgan fingerprint density at radius 2 is 1.72 bits per heavy atom. The van der Waals surface area contributed by atoms with Gasteiger partial charge in [0, 0.05) is 0 Å². The Morgan fingerprint density at radius 3 is 2.31 bits per heavy atom. The fourth-order valence-corrected chi connectivity index (χ4v) is 4.34.